The van der Waals surface area contributed by atoms with Gasteiger partial charge >= 0.3 is 0 Å². The van der Waals surface area contributed by atoms with Gasteiger partial charge < -0.3 is 9.84 Å². The molecule has 2 rings (SSSR count). The van der Waals surface area contributed by atoms with E-state index in [0.29, 0.717) is 11.6 Å². The lowest BCUT2D eigenvalue weighted by Gasteiger charge is -2.10. The molecule has 2 aromatic rings. The summed E-state index contributed by atoms with van der Waals surface area (Å²) in [4.78, 5) is 3.77. The van der Waals surface area contributed by atoms with Gasteiger partial charge in [-0.3, -0.25) is 9.31 Å². The highest BCUT2D eigenvalue weighted by atomic mass is 35.5. The van der Waals surface area contributed by atoms with Crippen LogP contribution in [0, 0.1) is 0 Å². The predicted octanol–water partition coefficient (Wildman–Crippen LogP) is 1.14. The molecule has 0 bridgehead atoms. The zero-order valence-electron chi connectivity index (χ0n) is 10.5. The molecule has 8 heteroatoms. The highest BCUT2D eigenvalue weighted by Gasteiger charge is 2.13. The Labute approximate surface area is 123 Å². The fourth-order valence-electron chi connectivity index (χ4n) is 1.50. The Morgan fingerprint density at radius 3 is 2.80 bits per heavy atom. The van der Waals surface area contributed by atoms with Crippen LogP contribution in [-0.2, 0) is 22.1 Å². The Morgan fingerprint density at radius 1 is 1.40 bits per heavy atom. The van der Waals surface area contributed by atoms with E-state index < -0.39 is 16.9 Å². The van der Waals surface area contributed by atoms with Crippen molar-refractivity contribution < 1.29 is 14.1 Å². The number of hydrogen-bond donors (Lipinski definition) is 2. The van der Waals surface area contributed by atoms with Gasteiger partial charge in [0.1, 0.15) is 6.33 Å². The van der Waals surface area contributed by atoms with Gasteiger partial charge in [-0.15, -0.1) is 0 Å². The lowest BCUT2D eigenvalue weighted by atomic mass is 10.2. The molecule has 6 nitrogen and oxygen atoms in total. The minimum Gasteiger partial charge on any atom is -0.390 e. The van der Waals surface area contributed by atoms with Gasteiger partial charge in [0.25, 0.3) is 0 Å². The Hall–Kier alpha value is -1.28. The van der Waals surface area contributed by atoms with Crippen LogP contribution in [0.3, 0.4) is 0 Å². The first-order valence-electron chi connectivity index (χ1n) is 5.89. The van der Waals surface area contributed by atoms with Crippen molar-refractivity contribution in [1.29, 1.82) is 0 Å². The van der Waals surface area contributed by atoms with Crippen LogP contribution in [0.4, 0.5) is 0 Å². The predicted molar refractivity (Wildman–Crippen MR) is 74.8 cm³/mol. The molecule has 0 spiro atoms. The summed E-state index contributed by atoms with van der Waals surface area (Å²) in [5.74, 6) is 0.0514. The average molecular weight is 316 g/mol. The molecule has 20 heavy (non-hydrogen) atoms. The molecule has 0 saturated carbocycles. The van der Waals surface area contributed by atoms with Gasteiger partial charge in [0.05, 0.1) is 35.9 Å². The van der Waals surface area contributed by atoms with Crippen LogP contribution >= 0.6 is 11.6 Å². The summed E-state index contributed by atoms with van der Waals surface area (Å²) in [5.41, 5.74) is 0.956. The van der Waals surface area contributed by atoms with E-state index >= 15 is 0 Å². The minimum absolute atomic E-state index is 0.0514. The summed E-state index contributed by atoms with van der Waals surface area (Å²) >= 11 is 5.77. The van der Waals surface area contributed by atoms with Gasteiger partial charge in [-0.2, -0.15) is 5.10 Å². The van der Waals surface area contributed by atoms with Gasteiger partial charge in [0, 0.05) is 5.02 Å². The number of halogens is 1. The van der Waals surface area contributed by atoms with Crippen molar-refractivity contribution >= 4 is 22.4 Å². The number of aromatic amines is 1. The summed E-state index contributed by atoms with van der Waals surface area (Å²) in [6.45, 7) is 0.464. The number of nitrogens with zero attached hydrogens (tertiary/aromatic N) is 2. The summed E-state index contributed by atoms with van der Waals surface area (Å²) in [6.07, 6.45) is 0.449. The molecule has 0 radical (unpaired) electrons. The quantitative estimate of drug-likeness (QED) is 0.800. The third-order valence-corrected chi connectivity index (χ3v) is 4.01. The van der Waals surface area contributed by atoms with Crippen LogP contribution in [0.1, 0.15) is 5.56 Å². The minimum atomic E-state index is -1.41. The monoisotopic (exact) mass is 315 g/mol. The lowest BCUT2D eigenvalue weighted by molar-refractivity contribution is 0.0394. The van der Waals surface area contributed by atoms with Crippen molar-refractivity contribution in [3.63, 3.8) is 0 Å². The van der Waals surface area contributed by atoms with E-state index in [1.807, 2.05) is 12.1 Å². The molecule has 0 aliphatic rings. The first kappa shape index (κ1) is 15.1. The Morgan fingerprint density at radius 2 is 2.15 bits per heavy atom. The first-order chi connectivity index (χ1) is 9.65. The third kappa shape index (κ3) is 4.68. The molecule has 0 saturated heterocycles. The summed E-state index contributed by atoms with van der Waals surface area (Å²) in [5, 5.41) is 16.8. The lowest BCUT2D eigenvalue weighted by Crippen LogP contribution is -2.23. The van der Waals surface area contributed by atoms with Gasteiger partial charge in [0.2, 0.25) is 5.16 Å². The van der Waals surface area contributed by atoms with Crippen LogP contribution < -0.4 is 0 Å². The van der Waals surface area contributed by atoms with E-state index in [1.165, 1.54) is 6.33 Å². The molecule has 0 amide bonds. The number of ether oxygens (including phenoxy) is 1. The number of H-pyrrole nitrogens is 1. The number of aromatic nitrogens is 3. The van der Waals surface area contributed by atoms with Crippen molar-refractivity contribution in [2.75, 3.05) is 12.4 Å². The van der Waals surface area contributed by atoms with Gasteiger partial charge in [0.15, 0.2) is 0 Å². The summed E-state index contributed by atoms with van der Waals surface area (Å²) < 4.78 is 17.1. The normalized spacial score (nSPS) is 14.1. The molecule has 0 fully saturated rings. The zero-order chi connectivity index (χ0) is 14.4. The molecule has 2 atom stereocenters. The van der Waals surface area contributed by atoms with Crippen LogP contribution in [0.25, 0.3) is 0 Å². The molecule has 1 aromatic carbocycles. The Kier molecular flexibility index (Phi) is 5.66. The maximum Gasteiger partial charge on any atom is 0.214 e. The second-order valence-corrected chi connectivity index (χ2v) is 5.95. The summed E-state index contributed by atoms with van der Waals surface area (Å²) in [7, 11) is -1.41. The van der Waals surface area contributed by atoms with E-state index in [-0.39, 0.29) is 17.5 Å². The van der Waals surface area contributed by atoms with E-state index in [9.17, 15) is 9.32 Å². The van der Waals surface area contributed by atoms with Gasteiger partial charge in [-0.1, -0.05) is 23.7 Å². The topological polar surface area (TPSA) is 88.1 Å². The van der Waals surface area contributed by atoms with E-state index in [0.717, 1.165) is 5.56 Å². The van der Waals surface area contributed by atoms with Crippen LogP contribution in [-0.4, -0.2) is 43.0 Å². The van der Waals surface area contributed by atoms with Gasteiger partial charge in [-0.25, -0.2) is 4.98 Å². The molecule has 108 valence electrons. The zero-order valence-corrected chi connectivity index (χ0v) is 12.1. The second kappa shape index (κ2) is 7.49. The van der Waals surface area contributed by atoms with E-state index in [4.69, 9.17) is 16.3 Å². The van der Waals surface area contributed by atoms with Crippen molar-refractivity contribution in [3.8, 4) is 0 Å². The maximum absolute atomic E-state index is 11.7. The summed E-state index contributed by atoms with van der Waals surface area (Å²) in [6, 6.07) is 7.24. The molecule has 0 aliphatic heterocycles. The van der Waals surface area contributed by atoms with Crippen LogP contribution in [0.15, 0.2) is 35.7 Å². The van der Waals surface area contributed by atoms with Crippen LogP contribution in [0.2, 0.25) is 5.02 Å². The van der Waals surface area contributed by atoms with E-state index in [2.05, 4.69) is 15.2 Å². The standard InChI is InChI=1S/C12H14ClN3O3S/c13-10-3-1-9(2-4-10)5-19-6-11(17)7-20(18)12-14-8-15-16-12/h1-4,8,11,17H,5-7H2,(H,14,15,16)/t11-,20+/m1/s1. The van der Waals surface area contributed by atoms with Gasteiger partial charge in [-0.05, 0) is 17.7 Å². The third-order valence-electron chi connectivity index (χ3n) is 2.44. The van der Waals surface area contributed by atoms with Crippen molar-refractivity contribution in [1.82, 2.24) is 15.2 Å². The average Bonchev–Trinajstić information content (AvgIpc) is 2.95. The molecule has 1 heterocycles. The molecular formula is C12H14ClN3O3S. The number of benzene rings is 1. The smallest absolute Gasteiger partial charge is 0.214 e. The molecular weight excluding hydrogens is 302 g/mol. The largest absolute Gasteiger partial charge is 0.390 e. The van der Waals surface area contributed by atoms with Crippen LogP contribution in [0.5, 0.6) is 0 Å². The Balaban J connectivity index is 1.71. The number of aliphatic hydroxyl groups is 1. The number of hydrogen-bond acceptors (Lipinski definition) is 5. The van der Waals surface area contributed by atoms with Crippen molar-refractivity contribution in [2.24, 2.45) is 0 Å². The second-order valence-electron chi connectivity index (χ2n) is 4.10. The van der Waals surface area contributed by atoms with E-state index in [1.54, 1.807) is 12.1 Å². The highest BCUT2D eigenvalue weighted by Crippen LogP contribution is 2.10. The fraction of sp³-hybridized carbons (Fsp3) is 0.333. The molecule has 1 aromatic heterocycles. The van der Waals surface area contributed by atoms with Crippen molar-refractivity contribution in [2.45, 2.75) is 17.9 Å². The van der Waals surface area contributed by atoms with Crippen molar-refractivity contribution in [3.05, 3.63) is 41.2 Å². The highest BCUT2D eigenvalue weighted by molar-refractivity contribution is 7.84. The molecule has 0 aliphatic carbocycles. The maximum atomic E-state index is 11.7. The number of nitrogens with one attached hydrogen (secondary N) is 1. The Bertz CT molecular complexity index is 548. The first-order valence-corrected chi connectivity index (χ1v) is 7.59. The molecule has 0 unspecified atom stereocenters. The SMILES string of the molecule is O=[S@@](C[C@H](O)COCc1ccc(Cl)cc1)c1ncn[nH]1. The number of rotatable bonds is 7. The number of aliphatic hydroxyl groups excluding tert-OH is 1. The molecule has 2 N–H and O–H groups in total. The fourth-order valence-corrected chi connectivity index (χ4v) is 2.55.